The van der Waals surface area contributed by atoms with Crippen LogP contribution in [0.15, 0.2) is 18.6 Å². The molecule has 2 aromatic heterocycles. The van der Waals surface area contributed by atoms with Crippen LogP contribution in [0.4, 0.5) is 0 Å². The Hall–Kier alpha value is -1.91. The number of esters is 1. The minimum atomic E-state index is -0.365. The maximum Gasteiger partial charge on any atom is 0.356 e. The van der Waals surface area contributed by atoms with E-state index in [9.17, 15) is 4.79 Å². The third-order valence-corrected chi connectivity index (χ3v) is 2.01. The van der Waals surface area contributed by atoms with E-state index < -0.39 is 0 Å². The van der Waals surface area contributed by atoms with Gasteiger partial charge in [-0.05, 0) is 13.8 Å². The lowest BCUT2D eigenvalue weighted by Gasteiger charge is -2.01. The molecule has 0 aliphatic carbocycles. The topological polar surface area (TPSA) is 56.5 Å². The van der Waals surface area contributed by atoms with E-state index in [0.29, 0.717) is 17.9 Å². The average Bonchev–Trinajstić information content (AvgIpc) is 2.60. The lowest BCUT2D eigenvalue weighted by atomic mass is 10.4. The summed E-state index contributed by atoms with van der Waals surface area (Å²) in [6.45, 7) is 3.98. The molecule has 2 heterocycles. The summed E-state index contributed by atoms with van der Waals surface area (Å²) in [6.07, 6.45) is 4.88. The number of hydrogen-bond donors (Lipinski definition) is 0. The second kappa shape index (κ2) is 3.68. The number of imidazole rings is 1. The fourth-order valence-corrected chi connectivity index (χ4v) is 1.34. The molecule has 0 radical (unpaired) electrons. The van der Waals surface area contributed by atoms with Gasteiger partial charge in [-0.25, -0.2) is 9.78 Å². The van der Waals surface area contributed by atoms with Crippen LogP contribution in [0.1, 0.15) is 23.1 Å². The van der Waals surface area contributed by atoms with Gasteiger partial charge in [0.2, 0.25) is 0 Å². The Bertz CT molecular complexity index is 504. The van der Waals surface area contributed by atoms with Crippen molar-refractivity contribution in [3.63, 3.8) is 0 Å². The molecule has 0 bridgehead atoms. The molecule has 0 saturated heterocycles. The van der Waals surface area contributed by atoms with Gasteiger partial charge < -0.3 is 4.74 Å². The van der Waals surface area contributed by atoms with Crippen LogP contribution in [0.5, 0.6) is 0 Å². The van der Waals surface area contributed by atoms with Gasteiger partial charge in [0.1, 0.15) is 0 Å². The normalized spacial score (nSPS) is 10.5. The van der Waals surface area contributed by atoms with Crippen molar-refractivity contribution in [1.29, 1.82) is 0 Å². The van der Waals surface area contributed by atoms with Crippen LogP contribution in [-0.2, 0) is 4.74 Å². The van der Waals surface area contributed by atoms with Crippen LogP contribution in [0.2, 0.25) is 0 Å². The number of hydrogen-bond acceptors (Lipinski definition) is 4. The van der Waals surface area contributed by atoms with Crippen molar-refractivity contribution in [1.82, 2.24) is 14.4 Å². The molecular formula is C10H11N3O2. The van der Waals surface area contributed by atoms with Crippen LogP contribution in [0.3, 0.4) is 0 Å². The first-order valence-corrected chi connectivity index (χ1v) is 4.69. The summed E-state index contributed by atoms with van der Waals surface area (Å²) in [5.41, 5.74) is 1.90. The fourth-order valence-electron chi connectivity index (χ4n) is 1.34. The van der Waals surface area contributed by atoms with Gasteiger partial charge in [-0.1, -0.05) is 0 Å². The molecule has 0 saturated carbocycles. The van der Waals surface area contributed by atoms with Crippen molar-refractivity contribution in [3.05, 3.63) is 30.0 Å². The molecule has 2 aromatic rings. The molecule has 0 N–H and O–H groups in total. The molecule has 0 atom stereocenters. The molecule has 0 aliphatic heterocycles. The summed E-state index contributed by atoms with van der Waals surface area (Å²) < 4.78 is 6.59. The van der Waals surface area contributed by atoms with Crippen LogP contribution in [0.25, 0.3) is 5.65 Å². The van der Waals surface area contributed by atoms with Gasteiger partial charge in [-0.3, -0.25) is 9.38 Å². The maximum absolute atomic E-state index is 11.5. The zero-order chi connectivity index (χ0) is 10.8. The summed E-state index contributed by atoms with van der Waals surface area (Å²) in [5.74, 6) is -0.365. The van der Waals surface area contributed by atoms with E-state index in [4.69, 9.17) is 4.74 Å². The summed E-state index contributed by atoms with van der Waals surface area (Å²) in [7, 11) is 0. The molecule has 0 amide bonds. The summed E-state index contributed by atoms with van der Waals surface area (Å²) >= 11 is 0. The number of aryl methyl sites for hydroxylation is 1. The predicted molar refractivity (Wildman–Crippen MR) is 53.7 cm³/mol. The Morgan fingerprint density at radius 1 is 1.47 bits per heavy atom. The minimum Gasteiger partial charge on any atom is -0.461 e. The van der Waals surface area contributed by atoms with E-state index in [1.54, 1.807) is 23.7 Å². The molecule has 0 unspecified atom stereocenters. The summed E-state index contributed by atoms with van der Waals surface area (Å²) in [4.78, 5) is 19.7. The van der Waals surface area contributed by atoms with Crippen LogP contribution < -0.4 is 0 Å². The number of rotatable bonds is 2. The molecule has 0 fully saturated rings. The van der Waals surface area contributed by atoms with E-state index in [2.05, 4.69) is 9.97 Å². The Labute approximate surface area is 86.7 Å². The van der Waals surface area contributed by atoms with E-state index in [-0.39, 0.29) is 5.97 Å². The lowest BCUT2D eigenvalue weighted by molar-refractivity contribution is 0.0518. The monoisotopic (exact) mass is 205 g/mol. The number of fused-ring (bicyclic) bond motifs is 1. The fraction of sp³-hybridized carbons (Fsp3) is 0.300. The molecule has 5 heteroatoms. The van der Waals surface area contributed by atoms with Crippen molar-refractivity contribution in [2.24, 2.45) is 0 Å². The smallest absolute Gasteiger partial charge is 0.356 e. The van der Waals surface area contributed by atoms with Crippen molar-refractivity contribution >= 4 is 11.6 Å². The van der Waals surface area contributed by atoms with Crippen molar-refractivity contribution in [3.8, 4) is 0 Å². The largest absolute Gasteiger partial charge is 0.461 e. The minimum absolute atomic E-state index is 0.357. The molecule has 0 spiro atoms. The molecule has 0 aliphatic rings. The first kappa shape index (κ1) is 9.64. The second-order valence-corrected chi connectivity index (χ2v) is 3.12. The van der Waals surface area contributed by atoms with Gasteiger partial charge in [0, 0.05) is 6.20 Å². The van der Waals surface area contributed by atoms with Gasteiger partial charge >= 0.3 is 5.97 Å². The highest BCUT2D eigenvalue weighted by Gasteiger charge is 2.12. The van der Waals surface area contributed by atoms with Gasteiger partial charge in [0.15, 0.2) is 11.3 Å². The predicted octanol–water partition coefficient (Wildman–Crippen LogP) is 1.21. The van der Waals surface area contributed by atoms with Crippen LogP contribution >= 0.6 is 0 Å². The first-order chi connectivity index (χ1) is 7.22. The molecule has 2 rings (SSSR count). The molecule has 0 aromatic carbocycles. The van der Waals surface area contributed by atoms with Crippen molar-refractivity contribution < 1.29 is 9.53 Å². The zero-order valence-electron chi connectivity index (χ0n) is 8.60. The second-order valence-electron chi connectivity index (χ2n) is 3.12. The van der Waals surface area contributed by atoms with Gasteiger partial charge in [-0.15, -0.1) is 0 Å². The first-order valence-electron chi connectivity index (χ1n) is 4.69. The van der Waals surface area contributed by atoms with E-state index in [1.807, 2.05) is 6.92 Å². The number of carbonyl (C=O) groups is 1. The Balaban J connectivity index is 2.52. The van der Waals surface area contributed by atoms with Crippen LogP contribution in [0, 0.1) is 6.92 Å². The average molecular weight is 205 g/mol. The third kappa shape index (κ3) is 1.68. The highest BCUT2D eigenvalue weighted by molar-refractivity contribution is 5.88. The van der Waals surface area contributed by atoms with Crippen LogP contribution in [-0.4, -0.2) is 26.9 Å². The van der Waals surface area contributed by atoms with E-state index >= 15 is 0 Å². The van der Waals surface area contributed by atoms with Gasteiger partial charge in [-0.2, -0.15) is 0 Å². The van der Waals surface area contributed by atoms with Crippen molar-refractivity contribution in [2.45, 2.75) is 13.8 Å². The number of ether oxygens (including phenoxy) is 1. The summed E-state index contributed by atoms with van der Waals surface area (Å²) in [5, 5.41) is 0. The highest BCUT2D eigenvalue weighted by Crippen LogP contribution is 2.07. The molecule has 5 nitrogen and oxygen atoms in total. The summed E-state index contributed by atoms with van der Waals surface area (Å²) in [6, 6.07) is 0. The third-order valence-electron chi connectivity index (χ3n) is 2.01. The standard InChI is InChI=1S/C10H11N3O2/c1-3-15-10(14)8-4-12-9-5-11-7(2)6-13(8)9/h4-6H,3H2,1-2H3. The van der Waals surface area contributed by atoms with Crippen molar-refractivity contribution in [2.75, 3.05) is 6.61 Å². The Morgan fingerprint density at radius 3 is 3.00 bits per heavy atom. The van der Waals surface area contributed by atoms with Gasteiger partial charge in [0.25, 0.3) is 0 Å². The lowest BCUT2D eigenvalue weighted by Crippen LogP contribution is -2.08. The quantitative estimate of drug-likeness (QED) is 0.691. The number of aromatic nitrogens is 3. The Morgan fingerprint density at radius 2 is 2.27 bits per heavy atom. The Kier molecular flexibility index (Phi) is 2.37. The van der Waals surface area contributed by atoms with E-state index in [0.717, 1.165) is 5.69 Å². The van der Waals surface area contributed by atoms with Gasteiger partial charge in [0.05, 0.1) is 24.7 Å². The SMILES string of the molecule is CCOC(=O)c1cnc2cnc(C)cn12. The molecular weight excluding hydrogens is 194 g/mol. The highest BCUT2D eigenvalue weighted by atomic mass is 16.5. The number of nitrogens with zero attached hydrogens (tertiary/aromatic N) is 3. The number of carbonyl (C=O) groups excluding carboxylic acids is 1. The zero-order valence-corrected chi connectivity index (χ0v) is 8.60. The maximum atomic E-state index is 11.5. The molecule has 15 heavy (non-hydrogen) atoms. The van der Waals surface area contributed by atoms with E-state index in [1.165, 1.54) is 6.20 Å². The molecule has 78 valence electrons.